The largest absolute Gasteiger partial charge is 0.497 e. The van der Waals surface area contributed by atoms with E-state index in [1.807, 2.05) is 12.1 Å². The summed E-state index contributed by atoms with van der Waals surface area (Å²) in [6, 6.07) is 16.7. The van der Waals surface area contributed by atoms with Crippen molar-refractivity contribution < 1.29 is 18.3 Å². The Balaban J connectivity index is 1.54. The van der Waals surface area contributed by atoms with Crippen LogP contribution in [0.4, 0.5) is 4.39 Å². The van der Waals surface area contributed by atoms with E-state index in [-0.39, 0.29) is 18.1 Å². The predicted octanol–water partition coefficient (Wildman–Crippen LogP) is 3.79. The maximum Gasteiger partial charge on any atom is 0.244 e. The van der Waals surface area contributed by atoms with Crippen LogP contribution in [-0.4, -0.2) is 19.2 Å². The zero-order valence-electron chi connectivity index (χ0n) is 14.1. The molecule has 26 heavy (non-hydrogen) atoms. The van der Waals surface area contributed by atoms with Gasteiger partial charge in [-0.2, -0.15) is 5.10 Å². The average Bonchev–Trinajstić information content (AvgIpc) is 3.12. The number of methoxy groups -OCH3 is 1. The van der Waals surface area contributed by atoms with Gasteiger partial charge in [-0.15, -0.1) is 0 Å². The molecule has 1 heterocycles. The molecule has 0 fully saturated rings. The summed E-state index contributed by atoms with van der Waals surface area (Å²) in [5.74, 6) is 1.27. The van der Waals surface area contributed by atoms with Gasteiger partial charge in [-0.1, -0.05) is 12.1 Å². The van der Waals surface area contributed by atoms with E-state index in [4.69, 9.17) is 9.15 Å². The summed E-state index contributed by atoms with van der Waals surface area (Å²) in [4.78, 5) is 11.9. The van der Waals surface area contributed by atoms with Gasteiger partial charge in [-0.25, -0.2) is 9.82 Å². The number of carbonyl (C=O) groups excluding carboxylic acids is 1. The van der Waals surface area contributed by atoms with Crippen LogP contribution in [0.1, 0.15) is 11.3 Å². The lowest BCUT2D eigenvalue weighted by molar-refractivity contribution is -0.120. The first-order valence-electron chi connectivity index (χ1n) is 7.94. The maximum atomic E-state index is 12.9. The summed E-state index contributed by atoms with van der Waals surface area (Å²) in [5.41, 5.74) is 4.07. The molecule has 1 amide bonds. The number of hydrogen-bond donors (Lipinski definition) is 1. The number of benzene rings is 2. The van der Waals surface area contributed by atoms with Gasteiger partial charge in [-0.3, -0.25) is 4.79 Å². The Bertz CT molecular complexity index is 900. The highest BCUT2D eigenvalue weighted by Crippen LogP contribution is 2.21. The molecular weight excluding hydrogens is 335 g/mol. The van der Waals surface area contributed by atoms with Crippen molar-refractivity contribution in [3.8, 4) is 17.1 Å². The molecule has 0 saturated carbocycles. The first-order chi connectivity index (χ1) is 12.6. The first kappa shape index (κ1) is 17.4. The number of furan rings is 1. The van der Waals surface area contributed by atoms with E-state index < -0.39 is 0 Å². The standard InChI is InChI=1S/C20H17FN2O3/c1-25-17-8-2-14(3-9-17)12-20(24)23-22-13-18-10-11-19(26-18)15-4-6-16(21)7-5-15/h2-11,13H,12H2,1H3,(H,23,24)/b22-13-. The lowest BCUT2D eigenvalue weighted by Crippen LogP contribution is -2.19. The van der Waals surface area contributed by atoms with E-state index in [1.165, 1.54) is 18.3 Å². The summed E-state index contributed by atoms with van der Waals surface area (Å²) >= 11 is 0. The van der Waals surface area contributed by atoms with E-state index in [2.05, 4.69) is 10.5 Å². The van der Waals surface area contributed by atoms with E-state index >= 15 is 0 Å². The number of hydrogen-bond acceptors (Lipinski definition) is 4. The molecule has 0 aliphatic rings. The molecule has 1 N–H and O–H groups in total. The Kier molecular flexibility index (Phi) is 5.43. The van der Waals surface area contributed by atoms with E-state index in [1.54, 1.807) is 43.5 Å². The number of nitrogens with one attached hydrogen (secondary N) is 1. The second-order valence-electron chi connectivity index (χ2n) is 5.53. The molecule has 2 aromatic carbocycles. The summed E-state index contributed by atoms with van der Waals surface area (Å²) in [6.07, 6.45) is 1.62. The molecule has 0 unspecified atom stereocenters. The molecular formula is C20H17FN2O3. The zero-order valence-corrected chi connectivity index (χ0v) is 14.1. The third kappa shape index (κ3) is 4.57. The number of carbonyl (C=O) groups is 1. The lowest BCUT2D eigenvalue weighted by Gasteiger charge is -2.02. The summed E-state index contributed by atoms with van der Waals surface area (Å²) in [7, 11) is 1.59. The summed E-state index contributed by atoms with van der Waals surface area (Å²) in [6.45, 7) is 0. The van der Waals surface area contributed by atoms with E-state index in [0.29, 0.717) is 11.5 Å². The minimum absolute atomic E-state index is 0.209. The van der Waals surface area contributed by atoms with Crippen LogP contribution in [-0.2, 0) is 11.2 Å². The van der Waals surface area contributed by atoms with Crippen molar-refractivity contribution in [2.24, 2.45) is 5.10 Å². The predicted molar refractivity (Wildman–Crippen MR) is 96.5 cm³/mol. The van der Waals surface area contributed by atoms with Gasteiger partial charge in [0.05, 0.1) is 19.7 Å². The second-order valence-corrected chi connectivity index (χ2v) is 5.53. The highest BCUT2D eigenvalue weighted by molar-refractivity contribution is 5.82. The summed E-state index contributed by atoms with van der Waals surface area (Å²) < 4.78 is 23.6. The van der Waals surface area contributed by atoms with Gasteiger partial charge in [0.2, 0.25) is 5.91 Å². The third-order valence-corrected chi connectivity index (χ3v) is 3.66. The molecule has 3 rings (SSSR count). The van der Waals surface area contributed by atoms with E-state index in [0.717, 1.165) is 16.9 Å². The van der Waals surface area contributed by atoms with Gasteiger partial charge in [0, 0.05) is 5.56 Å². The van der Waals surface area contributed by atoms with Crippen LogP contribution >= 0.6 is 0 Å². The number of hydrazone groups is 1. The maximum absolute atomic E-state index is 12.9. The molecule has 0 bridgehead atoms. The van der Waals surface area contributed by atoms with Crippen LogP contribution in [0, 0.1) is 5.82 Å². The molecule has 0 saturated heterocycles. The van der Waals surface area contributed by atoms with Crippen molar-refractivity contribution in [2.45, 2.75) is 6.42 Å². The molecule has 0 spiro atoms. The van der Waals surface area contributed by atoms with Crippen molar-refractivity contribution >= 4 is 12.1 Å². The monoisotopic (exact) mass is 352 g/mol. The molecule has 3 aromatic rings. The minimum Gasteiger partial charge on any atom is -0.497 e. The fraction of sp³-hybridized carbons (Fsp3) is 0.100. The molecule has 1 aromatic heterocycles. The van der Waals surface area contributed by atoms with Crippen molar-refractivity contribution in [1.82, 2.24) is 5.43 Å². The molecule has 5 nitrogen and oxygen atoms in total. The Morgan fingerprint density at radius 1 is 1.12 bits per heavy atom. The Labute approximate surface area is 150 Å². The van der Waals surface area contributed by atoms with Crippen molar-refractivity contribution in [2.75, 3.05) is 7.11 Å². The second kappa shape index (κ2) is 8.11. The third-order valence-electron chi connectivity index (χ3n) is 3.66. The number of nitrogens with zero attached hydrogens (tertiary/aromatic N) is 1. The zero-order chi connectivity index (χ0) is 18.4. The fourth-order valence-corrected chi connectivity index (χ4v) is 2.33. The molecule has 0 aliphatic carbocycles. The first-order valence-corrected chi connectivity index (χ1v) is 7.94. The highest BCUT2D eigenvalue weighted by atomic mass is 19.1. The normalized spacial score (nSPS) is 10.8. The highest BCUT2D eigenvalue weighted by Gasteiger charge is 2.05. The Hall–Kier alpha value is -3.41. The van der Waals surface area contributed by atoms with Gasteiger partial charge in [0.25, 0.3) is 0 Å². The van der Waals surface area contributed by atoms with Gasteiger partial charge >= 0.3 is 0 Å². The molecule has 0 radical (unpaired) electrons. The molecule has 0 atom stereocenters. The smallest absolute Gasteiger partial charge is 0.244 e. The van der Waals surface area contributed by atoms with E-state index in [9.17, 15) is 9.18 Å². The van der Waals surface area contributed by atoms with Crippen LogP contribution in [0.3, 0.4) is 0 Å². The van der Waals surface area contributed by atoms with Crippen molar-refractivity contribution in [3.63, 3.8) is 0 Å². The fourth-order valence-electron chi connectivity index (χ4n) is 2.33. The van der Waals surface area contributed by atoms with Crippen LogP contribution < -0.4 is 10.2 Å². The van der Waals surface area contributed by atoms with Crippen LogP contribution in [0.25, 0.3) is 11.3 Å². The topological polar surface area (TPSA) is 63.8 Å². The van der Waals surface area contributed by atoms with Gasteiger partial charge < -0.3 is 9.15 Å². The number of amides is 1. The van der Waals surface area contributed by atoms with Crippen molar-refractivity contribution in [3.05, 3.63) is 77.8 Å². The van der Waals surface area contributed by atoms with Crippen LogP contribution in [0.2, 0.25) is 0 Å². The van der Waals surface area contributed by atoms with Gasteiger partial charge in [0.15, 0.2) is 0 Å². The minimum atomic E-state index is -0.304. The number of halogens is 1. The molecule has 0 aliphatic heterocycles. The average molecular weight is 352 g/mol. The lowest BCUT2D eigenvalue weighted by atomic mass is 10.1. The Morgan fingerprint density at radius 2 is 1.85 bits per heavy atom. The number of ether oxygens (including phenoxy) is 1. The molecule has 132 valence electrons. The summed E-state index contributed by atoms with van der Waals surface area (Å²) in [5, 5.41) is 3.89. The molecule has 6 heteroatoms. The number of rotatable bonds is 6. The van der Waals surface area contributed by atoms with Gasteiger partial charge in [-0.05, 0) is 54.1 Å². The Morgan fingerprint density at radius 3 is 2.54 bits per heavy atom. The van der Waals surface area contributed by atoms with Crippen molar-refractivity contribution in [1.29, 1.82) is 0 Å². The SMILES string of the molecule is COc1ccc(CC(=O)N/N=C\c2ccc(-c3ccc(F)cc3)o2)cc1. The quantitative estimate of drug-likeness (QED) is 0.542. The van der Waals surface area contributed by atoms with Crippen LogP contribution in [0.5, 0.6) is 5.75 Å². The van der Waals surface area contributed by atoms with Gasteiger partial charge in [0.1, 0.15) is 23.1 Å². The van der Waals surface area contributed by atoms with Crippen LogP contribution in [0.15, 0.2) is 70.2 Å².